The van der Waals surface area contributed by atoms with Gasteiger partial charge in [0.2, 0.25) is 0 Å². The number of Topliss-reactive ketones (excluding diaryl/α,β-unsaturated/α-hetero) is 2. The molecule has 2 atom stereocenters. The first-order valence-electron chi connectivity index (χ1n) is 7.17. The molecule has 0 heterocycles. The van der Waals surface area contributed by atoms with Crippen molar-refractivity contribution in [2.75, 3.05) is 6.54 Å². The van der Waals surface area contributed by atoms with Crippen molar-refractivity contribution < 1.29 is 14.4 Å². The van der Waals surface area contributed by atoms with Crippen LogP contribution in [0.3, 0.4) is 0 Å². The molecule has 0 aliphatic heterocycles. The van der Waals surface area contributed by atoms with Crippen LogP contribution < -0.4 is 11.1 Å². The van der Waals surface area contributed by atoms with E-state index < -0.39 is 11.8 Å². The Morgan fingerprint density at radius 1 is 1.36 bits per heavy atom. The van der Waals surface area contributed by atoms with Gasteiger partial charge < -0.3 is 15.8 Å². The maximum atomic E-state index is 12.3. The summed E-state index contributed by atoms with van der Waals surface area (Å²) in [5.74, 6) is -1.89. The van der Waals surface area contributed by atoms with E-state index >= 15 is 0 Å². The average molecular weight is 307 g/mol. The summed E-state index contributed by atoms with van der Waals surface area (Å²) < 4.78 is 0. The van der Waals surface area contributed by atoms with Gasteiger partial charge >= 0.3 is 0 Å². The number of hydrogen-bond acceptors (Lipinski definition) is 4. The van der Waals surface area contributed by atoms with Crippen LogP contribution in [0.4, 0.5) is 0 Å². The SMILES string of the molecule is C=CC(=O)[C@@H](CCCNC(=N)N)C(=C)C(=O)[C@@H](C)CC(C)=O. The van der Waals surface area contributed by atoms with Crippen LogP contribution in [-0.4, -0.2) is 29.9 Å². The van der Waals surface area contributed by atoms with Gasteiger partial charge in [0.15, 0.2) is 17.5 Å². The van der Waals surface area contributed by atoms with E-state index in [9.17, 15) is 14.4 Å². The third kappa shape index (κ3) is 6.97. The predicted octanol–water partition coefficient (Wildman–Crippen LogP) is 1.36. The van der Waals surface area contributed by atoms with Gasteiger partial charge in [-0.1, -0.05) is 20.1 Å². The molecule has 0 amide bonds. The third-order valence-corrected chi connectivity index (χ3v) is 3.31. The van der Waals surface area contributed by atoms with Gasteiger partial charge in [-0.3, -0.25) is 15.0 Å². The number of ketones is 3. The van der Waals surface area contributed by atoms with Crippen molar-refractivity contribution in [3.63, 3.8) is 0 Å². The Bertz CT molecular complexity index is 483. The van der Waals surface area contributed by atoms with Gasteiger partial charge in [-0.25, -0.2) is 0 Å². The van der Waals surface area contributed by atoms with E-state index in [2.05, 4.69) is 18.5 Å². The Balaban J connectivity index is 4.80. The molecular formula is C16H25N3O3. The van der Waals surface area contributed by atoms with Crippen LogP contribution in [0, 0.1) is 17.2 Å². The van der Waals surface area contributed by atoms with E-state index in [1.807, 2.05) is 0 Å². The molecule has 0 aliphatic carbocycles. The van der Waals surface area contributed by atoms with E-state index in [4.69, 9.17) is 11.1 Å². The van der Waals surface area contributed by atoms with Crippen molar-refractivity contribution in [1.82, 2.24) is 5.32 Å². The van der Waals surface area contributed by atoms with Gasteiger partial charge in [0.05, 0.1) is 0 Å². The Kier molecular flexibility index (Phi) is 8.67. The minimum atomic E-state index is -0.645. The first-order chi connectivity index (χ1) is 10.2. The maximum absolute atomic E-state index is 12.3. The van der Waals surface area contributed by atoms with Crippen molar-refractivity contribution >= 4 is 23.3 Å². The lowest BCUT2D eigenvalue weighted by Gasteiger charge is -2.19. The van der Waals surface area contributed by atoms with E-state index in [1.54, 1.807) is 6.92 Å². The largest absolute Gasteiger partial charge is 0.370 e. The summed E-state index contributed by atoms with van der Waals surface area (Å²) in [4.78, 5) is 35.3. The summed E-state index contributed by atoms with van der Waals surface area (Å²) in [6.07, 6.45) is 2.27. The van der Waals surface area contributed by atoms with Gasteiger partial charge in [0, 0.05) is 24.8 Å². The standard InChI is InChI=1S/C16H25N3O3/c1-5-14(21)13(7-6-8-19-16(17)18)12(4)15(22)10(2)9-11(3)20/h5,10,13H,1,4,6-9H2,2-3H3,(H4,17,18,19)/t10-,13-/m0/s1. The molecule has 0 aromatic rings. The molecule has 0 saturated heterocycles. The second-order valence-electron chi connectivity index (χ2n) is 5.34. The Morgan fingerprint density at radius 3 is 2.41 bits per heavy atom. The van der Waals surface area contributed by atoms with Crippen molar-refractivity contribution in [3.8, 4) is 0 Å². The highest BCUT2D eigenvalue weighted by Gasteiger charge is 2.27. The Labute approximate surface area is 131 Å². The highest BCUT2D eigenvalue weighted by atomic mass is 16.1. The van der Waals surface area contributed by atoms with Crippen LogP contribution in [0.1, 0.15) is 33.1 Å². The molecule has 0 radical (unpaired) electrons. The lowest BCUT2D eigenvalue weighted by atomic mass is 9.83. The molecule has 0 aliphatic rings. The van der Waals surface area contributed by atoms with Crippen LogP contribution in [0.5, 0.6) is 0 Å². The van der Waals surface area contributed by atoms with Crippen LogP contribution in [0.15, 0.2) is 24.8 Å². The molecule has 0 fully saturated rings. The predicted molar refractivity (Wildman–Crippen MR) is 86.5 cm³/mol. The zero-order valence-corrected chi connectivity index (χ0v) is 13.3. The van der Waals surface area contributed by atoms with Crippen molar-refractivity contribution in [1.29, 1.82) is 5.41 Å². The minimum Gasteiger partial charge on any atom is -0.370 e. The molecule has 4 N–H and O–H groups in total. The monoisotopic (exact) mass is 307 g/mol. The molecule has 6 heteroatoms. The highest BCUT2D eigenvalue weighted by Crippen LogP contribution is 2.22. The number of carbonyl (C=O) groups excluding carboxylic acids is 3. The number of allylic oxidation sites excluding steroid dienone is 2. The third-order valence-electron chi connectivity index (χ3n) is 3.31. The molecule has 0 unspecified atom stereocenters. The Morgan fingerprint density at radius 2 is 1.95 bits per heavy atom. The normalized spacial score (nSPS) is 12.8. The van der Waals surface area contributed by atoms with Gasteiger partial charge in [-0.2, -0.15) is 0 Å². The van der Waals surface area contributed by atoms with Crippen molar-refractivity contribution in [3.05, 3.63) is 24.8 Å². The fourth-order valence-corrected chi connectivity index (χ4v) is 2.17. The first-order valence-corrected chi connectivity index (χ1v) is 7.17. The van der Waals surface area contributed by atoms with E-state index in [-0.39, 0.29) is 35.3 Å². The molecule has 22 heavy (non-hydrogen) atoms. The molecule has 6 nitrogen and oxygen atoms in total. The molecule has 0 saturated carbocycles. The van der Waals surface area contributed by atoms with Gasteiger partial charge in [0.1, 0.15) is 5.78 Å². The van der Waals surface area contributed by atoms with Crippen molar-refractivity contribution in [2.45, 2.75) is 33.1 Å². The number of carbonyl (C=O) groups is 3. The fourth-order valence-electron chi connectivity index (χ4n) is 2.17. The van der Waals surface area contributed by atoms with Gasteiger partial charge in [0.25, 0.3) is 0 Å². The van der Waals surface area contributed by atoms with Crippen LogP contribution in [-0.2, 0) is 14.4 Å². The highest BCUT2D eigenvalue weighted by molar-refractivity contribution is 6.06. The average Bonchev–Trinajstić information content (AvgIpc) is 2.44. The van der Waals surface area contributed by atoms with Crippen LogP contribution >= 0.6 is 0 Å². The summed E-state index contributed by atoms with van der Waals surface area (Å²) in [5.41, 5.74) is 5.38. The number of nitrogens with one attached hydrogen (secondary N) is 2. The zero-order chi connectivity index (χ0) is 17.3. The summed E-state index contributed by atoms with van der Waals surface area (Å²) in [5, 5.41) is 9.69. The Hall–Kier alpha value is -2.24. The van der Waals surface area contributed by atoms with E-state index in [0.29, 0.717) is 19.4 Å². The second-order valence-corrected chi connectivity index (χ2v) is 5.34. The summed E-state index contributed by atoms with van der Waals surface area (Å²) >= 11 is 0. The topological polar surface area (TPSA) is 113 Å². The lowest BCUT2D eigenvalue weighted by molar-refractivity contribution is -0.125. The van der Waals surface area contributed by atoms with Gasteiger partial charge in [-0.05, 0) is 31.4 Å². The van der Waals surface area contributed by atoms with Gasteiger partial charge in [-0.15, -0.1) is 0 Å². The van der Waals surface area contributed by atoms with E-state index in [0.717, 1.165) is 0 Å². The number of rotatable bonds is 11. The molecule has 0 aromatic heterocycles. The first kappa shape index (κ1) is 19.8. The molecular weight excluding hydrogens is 282 g/mol. The number of guanidine groups is 1. The number of nitrogens with two attached hydrogens (primary N) is 1. The summed E-state index contributed by atoms with van der Waals surface area (Å²) in [7, 11) is 0. The minimum absolute atomic E-state index is 0.0779. The zero-order valence-electron chi connectivity index (χ0n) is 13.3. The van der Waals surface area contributed by atoms with Crippen LogP contribution in [0.25, 0.3) is 0 Å². The molecule has 0 spiro atoms. The summed E-state index contributed by atoms with van der Waals surface area (Å²) in [6, 6.07) is 0. The molecule has 122 valence electrons. The fraction of sp³-hybridized carbons (Fsp3) is 0.500. The van der Waals surface area contributed by atoms with Crippen molar-refractivity contribution in [2.24, 2.45) is 17.6 Å². The second kappa shape index (κ2) is 9.65. The molecule has 0 aromatic carbocycles. The van der Waals surface area contributed by atoms with Crippen LogP contribution in [0.2, 0.25) is 0 Å². The molecule has 0 bridgehead atoms. The summed E-state index contributed by atoms with van der Waals surface area (Å²) in [6.45, 7) is 10.7. The van der Waals surface area contributed by atoms with E-state index in [1.165, 1.54) is 13.0 Å². The maximum Gasteiger partial charge on any atom is 0.185 e. The lowest BCUT2D eigenvalue weighted by Crippen LogP contribution is -2.32. The smallest absolute Gasteiger partial charge is 0.185 e. The quantitative estimate of drug-likeness (QED) is 0.231. The number of hydrogen-bond donors (Lipinski definition) is 3. The molecule has 0 rings (SSSR count).